The monoisotopic (exact) mass is 385 g/mol. The number of rotatable bonds is 7. The Kier molecular flexibility index (Phi) is 5.90. The minimum Gasteiger partial charge on any atom is -0.299 e. The molecule has 142 valence electrons. The zero-order valence-electron chi connectivity index (χ0n) is 15.8. The molecule has 0 aliphatic carbocycles. The Morgan fingerprint density at radius 1 is 1.11 bits per heavy atom. The van der Waals surface area contributed by atoms with Crippen LogP contribution in [0.4, 0.5) is 5.13 Å². The Bertz CT molecular complexity index is 888. The highest BCUT2D eigenvalue weighted by atomic mass is 32.1. The molecule has 0 bridgehead atoms. The highest BCUT2D eigenvalue weighted by Gasteiger charge is 2.28. The van der Waals surface area contributed by atoms with Gasteiger partial charge in [-0.15, -0.1) is 20.4 Å². The molecule has 3 rings (SSSR count). The molecular formula is C18H23N7OS. The lowest BCUT2D eigenvalue weighted by molar-refractivity contribution is -0.121. The lowest BCUT2D eigenvalue weighted by atomic mass is 10.0. The minimum atomic E-state index is -0.590. The SMILES string of the molecule is CC(C)Cc1nnc(NC(=O)C(C(C)C)n2nnc(-c3ccccc3)n2)s1. The van der Waals surface area contributed by atoms with Crippen molar-refractivity contribution in [3.05, 3.63) is 35.3 Å². The highest BCUT2D eigenvalue weighted by molar-refractivity contribution is 7.15. The van der Waals surface area contributed by atoms with Crippen molar-refractivity contribution in [2.75, 3.05) is 5.32 Å². The van der Waals surface area contributed by atoms with Crippen molar-refractivity contribution in [2.24, 2.45) is 11.8 Å². The van der Waals surface area contributed by atoms with Gasteiger partial charge in [0.15, 0.2) is 6.04 Å². The van der Waals surface area contributed by atoms with Crippen molar-refractivity contribution in [1.29, 1.82) is 0 Å². The fourth-order valence-electron chi connectivity index (χ4n) is 2.64. The molecule has 3 aromatic rings. The van der Waals surface area contributed by atoms with Crippen LogP contribution in [-0.4, -0.2) is 36.3 Å². The first-order valence-electron chi connectivity index (χ1n) is 8.92. The predicted octanol–water partition coefficient (Wildman–Crippen LogP) is 3.23. The average molecular weight is 385 g/mol. The Balaban J connectivity index is 1.76. The molecule has 1 atom stereocenters. The van der Waals surface area contributed by atoms with E-state index >= 15 is 0 Å². The van der Waals surface area contributed by atoms with E-state index in [0.717, 1.165) is 17.0 Å². The summed E-state index contributed by atoms with van der Waals surface area (Å²) in [6.45, 7) is 8.13. The topological polar surface area (TPSA) is 98.5 Å². The second kappa shape index (κ2) is 8.34. The van der Waals surface area contributed by atoms with Crippen LogP contribution in [0.5, 0.6) is 0 Å². The molecule has 0 aliphatic heterocycles. The average Bonchev–Trinajstić information content (AvgIpc) is 3.25. The molecule has 0 saturated heterocycles. The van der Waals surface area contributed by atoms with Crippen LogP contribution < -0.4 is 5.32 Å². The number of benzene rings is 1. The van der Waals surface area contributed by atoms with Crippen LogP contribution in [0.25, 0.3) is 11.4 Å². The molecule has 0 saturated carbocycles. The quantitative estimate of drug-likeness (QED) is 0.670. The maximum Gasteiger partial charge on any atom is 0.253 e. The molecule has 1 unspecified atom stereocenters. The van der Waals surface area contributed by atoms with Gasteiger partial charge >= 0.3 is 0 Å². The van der Waals surface area contributed by atoms with E-state index in [2.05, 4.69) is 44.8 Å². The summed E-state index contributed by atoms with van der Waals surface area (Å²) < 4.78 is 0. The smallest absolute Gasteiger partial charge is 0.253 e. The van der Waals surface area contributed by atoms with Gasteiger partial charge in [0.05, 0.1) is 0 Å². The van der Waals surface area contributed by atoms with Gasteiger partial charge in [0.2, 0.25) is 11.0 Å². The van der Waals surface area contributed by atoms with Crippen LogP contribution >= 0.6 is 11.3 Å². The lowest BCUT2D eigenvalue weighted by Gasteiger charge is -2.17. The van der Waals surface area contributed by atoms with E-state index < -0.39 is 6.04 Å². The number of hydrogen-bond donors (Lipinski definition) is 1. The second-order valence-electron chi connectivity index (χ2n) is 7.08. The summed E-state index contributed by atoms with van der Waals surface area (Å²) in [6, 6.07) is 8.97. The van der Waals surface area contributed by atoms with E-state index in [1.54, 1.807) is 0 Å². The number of tetrazole rings is 1. The molecule has 0 radical (unpaired) electrons. The van der Waals surface area contributed by atoms with Crippen LogP contribution in [0.2, 0.25) is 0 Å². The third-order valence-electron chi connectivity index (χ3n) is 3.89. The molecule has 9 heteroatoms. The number of amides is 1. The summed E-state index contributed by atoms with van der Waals surface area (Å²) in [5, 5.41) is 25.0. The third kappa shape index (κ3) is 4.73. The van der Waals surface area contributed by atoms with Gasteiger partial charge in [-0.2, -0.15) is 4.80 Å². The van der Waals surface area contributed by atoms with Crippen molar-refractivity contribution in [3.8, 4) is 11.4 Å². The number of carbonyl (C=O) groups is 1. The van der Waals surface area contributed by atoms with Gasteiger partial charge in [-0.3, -0.25) is 10.1 Å². The number of nitrogens with one attached hydrogen (secondary N) is 1. The predicted molar refractivity (Wildman–Crippen MR) is 104 cm³/mol. The Hall–Kier alpha value is -2.68. The molecule has 0 fully saturated rings. The van der Waals surface area contributed by atoms with Gasteiger partial charge in [0.1, 0.15) is 5.01 Å². The summed E-state index contributed by atoms with van der Waals surface area (Å²) in [5.41, 5.74) is 0.856. The Morgan fingerprint density at radius 2 is 1.85 bits per heavy atom. The number of aromatic nitrogens is 6. The van der Waals surface area contributed by atoms with Gasteiger partial charge in [-0.05, 0) is 17.0 Å². The summed E-state index contributed by atoms with van der Waals surface area (Å²) in [6.07, 6.45) is 0.839. The van der Waals surface area contributed by atoms with E-state index in [9.17, 15) is 4.79 Å². The molecule has 1 aromatic carbocycles. The first kappa shape index (κ1) is 19.1. The highest BCUT2D eigenvalue weighted by Crippen LogP contribution is 2.23. The van der Waals surface area contributed by atoms with Crippen LogP contribution in [-0.2, 0) is 11.2 Å². The summed E-state index contributed by atoms with van der Waals surface area (Å²) in [4.78, 5) is 14.2. The number of nitrogens with zero attached hydrogens (tertiary/aromatic N) is 6. The molecule has 1 N–H and O–H groups in total. The van der Waals surface area contributed by atoms with Crippen LogP contribution in [0, 0.1) is 11.8 Å². The van der Waals surface area contributed by atoms with Crippen LogP contribution in [0.15, 0.2) is 30.3 Å². The largest absolute Gasteiger partial charge is 0.299 e. The molecule has 1 amide bonds. The molecule has 0 spiro atoms. The van der Waals surface area contributed by atoms with Gasteiger partial charge in [-0.25, -0.2) is 0 Å². The summed E-state index contributed by atoms with van der Waals surface area (Å²) >= 11 is 1.40. The number of anilines is 1. The molecule has 0 aliphatic rings. The minimum absolute atomic E-state index is 0.0223. The number of hydrogen-bond acceptors (Lipinski definition) is 7. The molecule has 27 heavy (non-hydrogen) atoms. The first-order valence-corrected chi connectivity index (χ1v) is 9.74. The molecule has 8 nitrogen and oxygen atoms in total. The van der Waals surface area contributed by atoms with E-state index in [1.807, 2.05) is 44.2 Å². The van der Waals surface area contributed by atoms with E-state index in [1.165, 1.54) is 16.1 Å². The first-order chi connectivity index (χ1) is 12.9. The lowest BCUT2D eigenvalue weighted by Crippen LogP contribution is -2.31. The fraction of sp³-hybridized carbons (Fsp3) is 0.444. The van der Waals surface area contributed by atoms with Crippen molar-refractivity contribution in [1.82, 2.24) is 30.4 Å². The fourth-order valence-corrected chi connectivity index (χ4v) is 3.59. The van der Waals surface area contributed by atoms with Gasteiger partial charge in [0.25, 0.3) is 5.91 Å². The van der Waals surface area contributed by atoms with Crippen molar-refractivity contribution < 1.29 is 4.79 Å². The van der Waals surface area contributed by atoms with E-state index in [-0.39, 0.29) is 11.8 Å². The Labute approximate surface area is 162 Å². The van der Waals surface area contributed by atoms with Crippen LogP contribution in [0.3, 0.4) is 0 Å². The summed E-state index contributed by atoms with van der Waals surface area (Å²) in [7, 11) is 0. The van der Waals surface area contributed by atoms with Gasteiger partial charge < -0.3 is 0 Å². The maximum atomic E-state index is 12.8. The third-order valence-corrected chi connectivity index (χ3v) is 4.75. The molecule has 2 heterocycles. The second-order valence-corrected chi connectivity index (χ2v) is 8.14. The zero-order chi connectivity index (χ0) is 19.4. The summed E-state index contributed by atoms with van der Waals surface area (Å²) in [5.74, 6) is 0.727. The van der Waals surface area contributed by atoms with Crippen molar-refractivity contribution in [2.45, 2.75) is 40.2 Å². The normalized spacial score (nSPS) is 12.5. The molecular weight excluding hydrogens is 362 g/mol. The molecule has 2 aromatic heterocycles. The van der Waals surface area contributed by atoms with E-state index in [4.69, 9.17) is 0 Å². The standard InChI is InChI=1S/C18H23N7OS/c1-11(2)10-14-20-22-18(27-14)19-17(26)15(12(3)4)25-23-16(21-24-25)13-8-6-5-7-9-13/h5-9,11-12,15H,10H2,1-4H3,(H,19,22,26). The van der Waals surface area contributed by atoms with Crippen molar-refractivity contribution in [3.63, 3.8) is 0 Å². The maximum absolute atomic E-state index is 12.8. The van der Waals surface area contributed by atoms with Gasteiger partial charge in [0, 0.05) is 12.0 Å². The number of carbonyl (C=O) groups excluding carboxylic acids is 1. The van der Waals surface area contributed by atoms with E-state index in [0.29, 0.717) is 16.9 Å². The Morgan fingerprint density at radius 3 is 2.52 bits per heavy atom. The van der Waals surface area contributed by atoms with Gasteiger partial charge in [-0.1, -0.05) is 69.4 Å². The van der Waals surface area contributed by atoms with Crippen LogP contribution in [0.1, 0.15) is 38.7 Å². The van der Waals surface area contributed by atoms with Crippen molar-refractivity contribution >= 4 is 22.4 Å². The zero-order valence-corrected chi connectivity index (χ0v) is 16.6.